The lowest BCUT2D eigenvalue weighted by molar-refractivity contribution is -0.150. The summed E-state index contributed by atoms with van der Waals surface area (Å²) < 4.78 is 18.4. The van der Waals surface area contributed by atoms with Gasteiger partial charge in [-0.05, 0) is 66.1 Å². The van der Waals surface area contributed by atoms with E-state index < -0.39 is 31.8 Å². The van der Waals surface area contributed by atoms with E-state index in [0.29, 0.717) is 29.2 Å². The lowest BCUT2D eigenvalue weighted by Gasteiger charge is -2.37. The fourth-order valence-electron chi connectivity index (χ4n) is 8.42. The second kappa shape index (κ2) is 16.4. The van der Waals surface area contributed by atoms with E-state index in [-0.39, 0.29) is 49.4 Å². The molecular formula is C43H51N3O8Si. The van der Waals surface area contributed by atoms with Gasteiger partial charge in [-0.3, -0.25) is 14.4 Å². The highest BCUT2D eigenvalue weighted by molar-refractivity contribution is 6.91. The van der Waals surface area contributed by atoms with Crippen molar-refractivity contribution in [2.45, 2.75) is 69.8 Å². The van der Waals surface area contributed by atoms with Crippen LogP contribution in [0, 0.1) is 5.92 Å². The molecule has 6 rings (SSSR count). The number of anilines is 2. The van der Waals surface area contributed by atoms with Crippen LogP contribution in [0.15, 0.2) is 97.1 Å². The van der Waals surface area contributed by atoms with Gasteiger partial charge in [0.15, 0.2) is 5.60 Å². The molecule has 290 valence electrons. The van der Waals surface area contributed by atoms with Crippen molar-refractivity contribution in [3.8, 4) is 11.5 Å². The molecule has 2 aliphatic rings. The van der Waals surface area contributed by atoms with Gasteiger partial charge in [0.1, 0.15) is 17.6 Å². The van der Waals surface area contributed by atoms with Crippen molar-refractivity contribution in [2.75, 3.05) is 37.6 Å². The molecule has 0 bridgehead atoms. The standard InChI is InChI=1S/C43H51N3O8Si/c1-28-40(55(5,6)35-19-16-33(52-3)17-20-35)38(25-39(49)45(22-23-47)26-30-10-8-7-9-11-30)54-43(28)36-24-34(53-4)18-21-37(36)46(42(43)51)27-31-12-14-32(15-13-31)44-41(50)29(2)48/h7-21,24,28-29,38,40,47-48H,22-23,25-27H2,1-6H3,(H,44,50)/t28-,29-,38+,40-,43+/m0/s1. The van der Waals surface area contributed by atoms with Crippen LogP contribution in [0.4, 0.5) is 11.4 Å². The highest BCUT2D eigenvalue weighted by Gasteiger charge is 2.66. The lowest BCUT2D eigenvalue weighted by atomic mass is 9.82. The largest absolute Gasteiger partial charge is 0.497 e. The minimum atomic E-state index is -2.55. The Hall–Kier alpha value is -5.01. The Morgan fingerprint density at radius 2 is 1.60 bits per heavy atom. The third-order valence-electron chi connectivity index (χ3n) is 11.3. The quantitative estimate of drug-likeness (QED) is 0.149. The van der Waals surface area contributed by atoms with Gasteiger partial charge < -0.3 is 39.5 Å². The molecule has 12 heteroatoms. The number of hydrogen-bond donors (Lipinski definition) is 3. The number of aliphatic hydroxyl groups excluding tert-OH is 2. The summed E-state index contributed by atoms with van der Waals surface area (Å²) in [5.74, 6) is 0.0904. The summed E-state index contributed by atoms with van der Waals surface area (Å²) in [4.78, 5) is 45.1. The summed E-state index contributed by atoms with van der Waals surface area (Å²) in [6.45, 7) is 8.57. The van der Waals surface area contributed by atoms with Crippen LogP contribution >= 0.6 is 0 Å². The van der Waals surface area contributed by atoms with Crippen LogP contribution in [0.25, 0.3) is 0 Å². The van der Waals surface area contributed by atoms with Crippen molar-refractivity contribution in [1.82, 2.24) is 4.90 Å². The molecule has 0 aromatic heterocycles. The molecule has 2 heterocycles. The molecule has 4 aromatic carbocycles. The number of aliphatic hydroxyl groups is 2. The van der Waals surface area contributed by atoms with Crippen molar-refractivity contribution in [3.63, 3.8) is 0 Å². The smallest absolute Gasteiger partial charge is 0.264 e. The summed E-state index contributed by atoms with van der Waals surface area (Å²) in [5, 5.41) is 23.5. The molecule has 5 atom stereocenters. The molecule has 3 N–H and O–H groups in total. The van der Waals surface area contributed by atoms with E-state index in [1.807, 2.05) is 72.8 Å². The number of carbonyl (C=O) groups is 3. The zero-order valence-electron chi connectivity index (χ0n) is 32.3. The molecule has 3 amide bonds. The van der Waals surface area contributed by atoms with E-state index >= 15 is 4.79 Å². The fourth-order valence-corrected chi connectivity index (χ4v) is 12.4. The molecule has 0 aliphatic carbocycles. The number of ether oxygens (including phenoxy) is 3. The average Bonchev–Trinajstić information content (AvgIpc) is 3.61. The Morgan fingerprint density at radius 3 is 2.22 bits per heavy atom. The fraction of sp³-hybridized carbons (Fsp3) is 0.372. The molecule has 1 fully saturated rings. The Morgan fingerprint density at radius 1 is 0.945 bits per heavy atom. The second-order valence-corrected chi connectivity index (χ2v) is 19.7. The van der Waals surface area contributed by atoms with Crippen LogP contribution in [0.2, 0.25) is 18.6 Å². The van der Waals surface area contributed by atoms with Gasteiger partial charge in [-0.1, -0.05) is 79.8 Å². The molecule has 2 aliphatic heterocycles. The number of methoxy groups -OCH3 is 2. The predicted octanol–water partition coefficient (Wildman–Crippen LogP) is 5.20. The van der Waals surface area contributed by atoms with Gasteiger partial charge in [-0.2, -0.15) is 0 Å². The van der Waals surface area contributed by atoms with Crippen molar-refractivity contribution in [2.24, 2.45) is 5.92 Å². The van der Waals surface area contributed by atoms with E-state index in [1.165, 1.54) is 6.92 Å². The second-order valence-electron chi connectivity index (χ2n) is 15.0. The van der Waals surface area contributed by atoms with Crippen molar-refractivity contribution in [1.29, 1.82) is 0 Å². The number of rotatable bonds is 14. The molecule has 0 unspecified atom stereocenters. The van der Waals surface area contributed by atoms with Crippen molar-refractivity contribution < 1.29 is 38.8 Å². The monoisotopic (exact) mass is 765 g/mol. The number of fused-ring (bicyclic) bond motifs is 2. The maximum atomic E-state index is 15.2. The zero-order valence-corrected chi connectivity index (χ0v) is 33.3. The molecule has 0 saturated carbocycles. The minimum Gasteiger partial charge on any atom is -0.497 e. The van der Waals surface area contributed by atoms with Crippen molar-refractivity contribution in [3.05, 3.63) is 114 Å². The predicted molar refractivity (Wildman–Crippen MR) is 214 cm³/mol. The summed E-state index contributed by atoms with van der Waals surface area (Å²) in [5.41, 5.74) is 2.10. The molecule has 11 nitrogen and oxygen atoms in total. The maximum absolute atomic E-state index is 15.2. The van der Waals surface area contributed by atoms with E-state index in [0.717, 1.165) is 22.1 Å². The van der Waals surface area contributed by atoms with Crippen LogP contribution < -0.4 is 24.9 Å². The topological polar surface area (TPSA) is 138 Å². The summed E-state index contributed by atoms with van der Waals surface area (Å²) >= 11 is 0. The molecule has 1 spiro atoms. The summed E-state index contributed by atoms with van der Waals surface area (Å²) in [7, 11) is 0.677. The molecule has 4 aromatic rings. The van der Waals surface area contributed by atoms with Crippen LogP contribution in [0.3, 0.4) is 0 Å². The van der Waals surface area contributed by atoms with Crippen LogP contribution in [-0.4, -0.2) is 80.5 Å². The lowest BCUT2D eigenvalue weighted by Crippen LogP contribution is -2.52. The Kier molecular flexibility index (Phi) is 11.8. The van der Waals surface area contributed by atoms with Gasteiger partial charge in [-0.25, -0.2) is 0 Å². The first-order chi connectivity index (χ1) is 26.3. The van der Waals surface area contributed by atoms with Gasteiger partial charge in [0.25, 0.3) is 11.8 Å². The maximum Gasteiger partial charge on any atom is 0.264 e. The van der Waals surface area contributed by atoms with Gasteiger partial charge in [-0.15, -0.1) is 0 Å². The SMILES string of the molecule is COc1ccc([Si](C)(C)[C@@H]2[C@@H](CC(=O)N(CCO)Cc3ccccc3)O[C@]3(C(=O)N(Cc4ccc(NC(=O)[C@H](C)O)cc4)c4ccc(OC)cc43)[C@H]2C)cc1. The van der Waals surface area contributed by atoms with Crippen LogP contribution in [0.1, 0.15) is 37.0 Å². The number of carbonyl (C=O) groups excluding carboxylic acids is 3. The number of hydrogen-bond acceptors (Lipinski definition) is 8. The third kappa shape index (κ3) is 7.77. The normalized spacial score (nSPS) is 21.0. The Balaban J connectivity index is 1.40. The number of nitrogens with one attached hydrogen (secondary N) is 1. The first-order valence-electron chi connectivity index (χ1n) is 18.7. The molecular weight excluding hydrogens is 715 g/mol. The summed E-state index contributed by atoms with van der Waals surface area (Å²) in [6.07, 6.45) is -1.74. The third-order valence-corrected chi connectivity index (χ3v) is 15.7. The van der Waals surface area contributed by atoms with Gasteiger partial charge in [0, 0.05) is 30.3 Å². The van der Waals surface area contributed by atoms with Crippen molar-refractivity contribution >= 4 is 42.4 Å². The van der Waals surface area contributed by atoms with Crippen LogP contribution in [-0.2, 0) is 37.8 Å². The first kappa shape index (κ1) is 39.7. The number of amides is 3. The average molecular weight is 766 g/mol. The number of nitrogens with zero attached hydrogens (tertiary/aromatic N) is 2. The van der Waals surface area contributed by atoms with Crippen LogP contribution in [0.5, 0.6) is 11.5 Å². The first-order valence-corrected chi connectivity index (χ1v) is 21.7. The highest BCUT2D eigenvalue weighted by Crippen LogP contribution is 2.60. The zero-order chi connectivity index (χ0) is 39.5. The van der Waals surface area contributed by atoms with E-state index in [1.54, 1.807) is 36.2 Å². The summed E-state index contributed by atoms with van der Waals surface area (Å²) in [6, 6.07) is 30.5. The molecule has 55 heavy (non-hydrogen) atoms. The highest BCUT2D eigenvalue weighted by atomic mass is 28.3. The molecule has 0 radical (unpaired) electrons. The Bertz CT molecular complexity index is 1990. The van der Waals surface area contributed by atoms with E-state index in [2.05, 4.69) is 37.5 Å². The minimum absolute atomic E-state index is 0.0302. The molecule has 1 saturated heterocycles. The van der Waals surface area contributed by atoms with Gasteiger partial charge in [0.2, 0.25) is 5.91 Å². The van der Waals surface area contributed by atoms with E-state index in [9.17, 15) is 19.8 Å². The Labute approximate surface area is 323 Å². The van der Waals surface area contributed by atoms with E-state index in [4.69, 9.17) is 14.2 Å². The van der Waals surface area contributed by atoms with Gasteiger partial charge in [0.05, 0.1) is 53.7 Å². The van der Waals surface area contributed by atoms with Gasteiger partial charge >= 0.3 is 0 Å². The number of benzene rings is 4.